The van der Waals surface area contributed by atoms with E-state index >= 15 is 0 Å². The van der Waals surface area contributed by atoms with Crippen LogP contribution in [0.15, 0.2) is 47.7 Å². The predicted octanol–water partition coefficient (Wildman–Crippen LogP) is 0.767. The number of aromatic nitrogens is 2. The van der Waals surface area contributed by atoms with E-state index < -0.39 is 9.84 Å². The normalized spacial score (nSPS) is 19.7. The van der Waals surface area contributed by atoms with Crippen LogP contribution in [0.4, 0.5) is 0 Å². The van der Waals surface area contributed by atoms with Crippen molar-refractivity contribution < 1.29 is 8.42 Å². The quantitative estimate of drug-likeness (QED) is 0.607. The number of benzene rings is 1. The third kappa shape index (κ3) is 4.82. The van der Waals surface area contributed by atoms with Crippen LogP contribution in [-0.4, -0.2) is 55.3 Å². The van der Waals surface area contributed by atoms with Crippen molar-refractivity contribution in [1.82, 2.24) is 20.4 Å². The van der Waals surface area contributed by atoms with Crippen LogP contribution in [0.1, 0.15) is 12.0 Å². The lowest BCUT2D eigenvalue weighted by molar-refractivity contribution is 0.599. The number of nitrogens with zero attached hydrogens (tertiary/aromatic N) is 3. The molecule has 134 valence electrons. The molecule has 1 aromatic carbocycles. The average molecular weight is 361 g/mol. The Morgan fingerprint density at radius 3 is 2.84 bits per heavy atom. The summed E-state index contributed by atoms with van der Waals surface area (Å²) in [6.07, 6.45) is 5.30. The zero-order chi connectivity index (χ0) is 17.7. The first-order valence-electron chi connectivity index (χ1n) is 8.32. The molecule has 0 radical (unpaired) electrons. The van der Waals surface area contributed by atoms with Gasteiger partial charge in [-0.05, 0) is 30.5 Å². The molecule has 2 heterocycles. The average Bonchev–Trinajstić information content (AvgIpc) is 3.21. The van der Waals surface area contributed by atoms with Crippen LogP contribution in [0, 0.1) is 0 Å². The molecular weight excluding hydrogens is 338 g/mol. The van der Waals surface area contributed by atoms with Crippen LogP contribution in [0.5, 0.6) is 0 Å². The summed E-state index contributed by atoms with van der Waals surface area (Å²) in [6.45, 7) is 0.694. The molecule has 1 aromatic heterocycles. The van der Waals surface area contributed by atoms with Crippen LogP contribution < -0.4 is 10.6 Å². The van der Waals surface area contributed by atoms with Crippen LogP contribution in [0.25, 0.3) is 5.69 Å². The Kier molecular flexibility index (Phi) is 5.37. The van der Waals surface area contributed by atoms with Crippen molar-refractivity contribution in [2.45, 2.75) is 18.9 Å². The van der Waals surface area contributed by atoms with E-state index in [-0.39, 0.29) is 17.5 Å². The second-order valence-electron chi connectivity index (χ2n) is 6.12. The molecule has 1 aliphatic rings. The highest BCUT2D eigenvalue weighted by atomic mass is 32.2. The summed E-state index contributed by atoms with van der Waals surface area (Å²) in [4.78, 5) is 4.16. The van der Waals surface area contributed by atoms with Crippen molar-refractivity contribution in [3.63, 3.8) is 0 Å². The van der Waals surface area contributed by atoms with Crippen molar-refractivity contribution in [3.8, 4) is 5.69 Å². The lowest BCUT2D eigenvalue weighted by atomic mass is 10.2. The third-order valence-electron chi connectivity index (χ3n) is 4.16. The van der Waals surface area contributed by atoms with Crippen molar-refractivity contribution >= 4 is 15.8 Å². The van der Waals surface area contributed by atoms with E-state index in [4.69, 9.17) is 0 Å². The first-order chi connectivity index (χ1) is 12.1. The number of guanidine groups is 1. The first-order valence-corrected chi connectivity index (χ1v) is 10.1. The van der Waals surface area contributed by atoms with E-state index in [2.05, 4.69) is 20.7 Å². The second-order valence-corrected chi connectivity index (χ2v) is 8.35. The third-order valence-corrected chi connectivity index (χ3v) is 5.93. The summed E-state index contributed by atoms with van der Waals surface area (Å²) in [6, 6.07) is 9.91. The zero-order valence-corrected chi connectivity index (χ0v) is 15.0. The summed E-state index contributed by atoms with van der Waals surface area (Å²) >= 11 is 0. The number of hydrogen-bond donors (Lipinski definition) is 2. The van der Waals surface area contributed by atoms with Crippen LogP contribution in [0.2, 0.25) is 0 Å². The zero-order valence-electron chi connectivity index (χ0n) is 14.2. The van der Waals surface area contributed by atoms with Crippen LogP contribution in [-0.2, 0) is 16.3 Å². The van der Waals surface area contributed by atoms with Gasteiger partial charge in [0, 0.05) is 25.8 Å². The summed E-state index contributed by atoms with van der Waals surface area (Å²) < 4.78 is 24.9. The molecular formula is C17H23N5O2S. The molecule has 0 spiro atoms. The van der Waals surface area contributed by atoms with Gasteiger partial charge in [0.25, 0.3) is 0 Å². The number of para-hydroxylation sites is 1. The minimum Gasteiger partial charge on any atom is -0.356 e. The van der Waals surface area contributed by atoms with E-state index in [0.717, 1.165) is 17.7 Å². The van der Waals surface area contributed by atoms with Crippen molar-refractivity contribution in [1.29, 1.82) is 0 Å². The number of nitrogens with one attached hydrogen (secondary N) is 2. The van der Waals surface area contributed by atoms with E-state index in [9.17, 15) is 8.42 Å². The minimum atomic E-state index is -2.89. The molecule has 0 bridgehead atoms. The highest BCUT2D eigenvalue weighted by molar-refractivity contribution is 7.91. The van der Waals surface area contributed by atoms with Gasteiger partial charge < -0.3 is 10.6 Å². The standard InChI is InChI=1S/C17H23N5O2S/c1-18-17(21-15-8-10-25(23,24)13-15)19-9-7-14-11-20-22(12-14)16-5-3-2-4-6-16/h2-6,11-12,15H,7-10,13H2,1H3,(H2,18,19,21). The Morgan fingerprint density at radius 2 is 2.16 bits per heavy atom. The maximum Gasteiger partial charge on any atom is 0.191 e. The van der Waals surface area contributed by atoms with E-state index in [1.54, 1.807) is 7.05 Å². The molecule has 2 aromatic rings. The maximum atomic E-state index is 11.5. The molecule has 7 nitrogen and oxygen atoms in total. The van der Waals surface area contributed by atoms with Gasteiger partial charge in [-0.2, -0.15) is 5.10 Å². The molecule has 8 heteroatoms. The van der Waals surface area contributed by atoms with Gasteiger partial charge in [-0.1, -0.05) is 18.2 Å². The van der Waals surface area contributed by atoms with E-state index in [0.29, 0.717) is 18.9 Å². The molecule has 1 saturated heterocycles. The van der Waals surface area contributed by atoms with Gasteiger partial charge in [-0.25, -0.2) is 13.1 Å². The molecule has 1 fully saturated rings. The number of hydrogen-bond acceptors (Lipinski definition) is 4. The molecule has 25 heavy (non-hydrogen) atoms. The summed E-state index contributed by atoms with van der Waals surface area (Å²) in [7, 11) is -1.21. The predicted molar refractivity (Wildman–Crippen MR) is 98.8 cm³/mol. The highest BCUT2D eigenvalue weighted by Gasteiger charge is 2.28. The van der Waals surface area contributed by atoms with Gasteiger partial charge >= 0.3 is 0 Å². The molecule has 2 N–H and O–H groups in total. The van der Waals surface area contributed by atoms with E-state index in [1.165, 1.54) is 0 Å². The Bertz CT molecular complexity index is 830. The Morgan fingerprint density at radius 1 is 1.36 bits per heavy atom. The van der Waals surface area contributed by atoms with Crippen LogP contribution >= 0.6 is 0 Å². The molecule has 3 rings (SSSR count). The Balaban J connectivity index is 1.48. The molecule has 1 aliphatic heterocycles. The number of rotatable bonds is 5. The SMILES string of the molecule is CN=C(NCCc1cnn(-c2ccccc2)c1)NC1CCS(=O)(=O)C1. The van der Waals surface area contributed by atoms with Gasteiger partial charge in [0.1, 0.15) is 0 Å². The van der Waals surface area contributed by atoms with Gasteiger partial charge in [0.2, 0.25) is 0 Å². The lowest BCUT2D eigenvalue weighted by Crippen LogP contribution is -2.44. The second kappa shape index (κ2) is 7.69. The molecule has 0 aliphatic carbocycles. The fourth-order valence-corrected chi connectivity index (χ4v) is 4.51. The number of sulfone groups is 1. The number of aliphatic imine (C=N–C) groups is 1. The molecule has 1 unspecified atom stereocenters. The Labute approximate surface area is 148 Å². The largest absolute Gasteiger partial charge is 0.356 e. The maximum absolute atomic E-state index is 11.5. The van der Waals surface area contributed by atoms with Gasteiger partial charge in [0.05, 0.1) is 23.4 Å². The molecule has 0 amide bonds. The topological polar surface area (TPSA) is 88.4 Å². The summed E-state index contributed by atoms with van der Waals surface area (Å²) in [5.41, 5.74) is 2.15. The van der Waals surface area contributed by atoms with Crippen molar-refractivity contribution in [2.75, 3.05) is 25.1 Å². The first kappa shape index (κ1) is 17.5. The summed E-state index contributed by atoms with van der Waals surface area (Å²) in [5.74, 6) is 1.07. The monoisotopic (exact) mass is 361 g/mol. The molecule has 1 atom stereocenters. The lowest BCUT2D eigenvalue weighted by Gasteiger charge is -2.15. The smallest absolute Gasteiger partial charge is 0.191 e. The summed E-state index contributed by atoms with van der Waals surface area (Å²) in [5, 5.41) is 10.8. The van der Waals surface area contributed by atoms with E-state index in [1.807, 2.05) is 47.4 Å². The van der Waals surface area contributed by atoms with Gasteiger partial charge in [-0.15, -0.1) is 0 Å². The fraction of sp³-hybridized carbons (Fsp3) is 0.412. The van der Waals surface area contributed by atoms with Crippen molar-refractivity contribution in [3.05, 3.63) is 48.3 Å². The van der Waals surface area contributed by atoms with Crippen LogP contribution in [0.3, 0.4) is 0 Å². The van der Waals surface area contributed by atoms with Gasteiger partial charge in [0.15, 0.2) is 15.8 Å². The minimum absolute atomic E-state index is 0.0583. The Hall–Kier alpha value is -2.35. The van der Waals surface area contributed by atoms with Gasteiger partial charge in [-0.3, -0.25) is 4.99 Å². The molecule has 0 saturated carbocycles. The fourth-order valence-electron chi connectivity index (χ4n) is 2.83. The van der Waals surface area contributed by atoms with Crippen molar-refractivity contribution in [2.24, 2.45) is 4.99 Å². The highest BCUT2D eigenvalue weighted by Crippen LogP contribution is 2.11.